The Labute approximate surface area is 295 Å². The molecule has 0 saturated heterocycles. The van der Waals surface area contributed by atoms with Crippen LogP contribution in [0.3, 0.4) is 0 Å². The van der Waals surface area contributed by atoms with E-state index in [1.807, 2.05) is 12.3 Å². The molecule has 6 nitrogen and oxygen atoms in total. The molecule has 0 aliphatic carbocycles. The first kappa shape index (κ1) is 28.2. The zero-order valence-corrected chi connectivity index (χ0v) is 27.9. The first-order chi connectivity index (χ1) is 25.3. The van der Waals surface area contributed by atoms with Crippen molar-refractivity contribution in [3.63, 3.8) is 0 Å². The van der Waals surface area contributed by atoms with Gasteiger partial charge in [0.2, 0.25) is 5.95 Å². The molecule has 6 aromatic carbocycles. The van der Waals surface area contributed by atoms with E-state index in [0.29, 0.717) is 17.6 Å². The second-order valence-electron chi connectivity index (χ2n) is 12.7. The maximum atomic E-state index is 5.34. The fourth-order valence-corrected chi connectivity index (χ4v) is 8.88. The molecule has 0 aliphatic heterocycles. The fraction of sp³-hybridized carbons (Fsp3) is 0. The van der Waals surface area contributed by atoms with Gasteiger partial charge in [0.05, 0.1) is 33.3 Å². The molecule has 0 aliphatic rings. The van der Waals surface area contributed by atoms with Gasteiger partial charge in [-0.1, -0.05) is 97.1 Å². The van der Waals surface area contributed by atoms with E-state index in [2.05, 4.69) is 155 Å². The number of benzene rings is 6. The molecule has 238 valence electrons. The third kappa shape index (κ3) is 4.16. The first-order valence-electron chi connectivity index (χ1n) is 16.9. The lowest BCUT2D eigenvalue weighted by Gasteiger charge is -2.15. The number of para-hydroxylation sites is 4. The van der Waals surface area contributed by atoms with Crippen LogP contribution in [0.15, 0.2) is 158 Å². The van der Waals surface area contributed by atoms with Gasteiger partial charge in [0, 0.05) is 53.7 Å². The standard InChI is InChI=1S/C44H26N6S/c1-6-20-34-27(13-1)28-14-2-7-21-35(28)50(34)44-47-42(46-43(48-44)33-19-11-18-30-29-15-5-10-25-39(29)51-41(30)33)32-17-4-9-23-37(32)49-36-22-8-3-16-31(36)40-38(49)24-12-26-45-40/h1-26H. The van der Waals surface area contributed by atoms with Crippen molar-refractivity contribution in [2.75, 3.05) is 0 Å². The van der Waals surface area contributed by atoms with Crippen LogP contribution in [0, 0.1) is 0 Å². The number of thiophene rings is 1. The van der Waals surface area contributed by atoms with Crippen LogP contribution in [0.25, 0.3) is 98.3 Å². The molecule has 0 unspecified atom stereocenters. The van der Waals surface area contributed by atoms with Gasteiger partial charge in [-0.15, -0.1) is 11.3 Å². The quantitative estimate of drug-likeness (QED) is 0.187. The van der Waals surface area contributed by atoms with Gasteiger partial charge in [-0.2, -0.15) is 9.97 Å². The Kier molecular flexibility index (Phi) is 6.02. The number of hydrogen-bond acceptors (Lipinski definition) is 5. The predicted octanol–water partition coefficient (Wildman–Crippen LogP) is 11.2. The number of fused-ring (bicyclic) bond motifs is 9. The van der Waals surface area contributed by atoms with Crippen molar-refractivity contribution < 1.29 is 0 Å². The van der Waals surface area contributed by atoms with E-state index in [1.54, 1.807) is 11.3 Å². The van der Waals surface area contributed by atoms with E-state index in [0.717, 1.165) is 65.3 Å². The molecule has 7 heteroatoms. The zero-order chi connectivity index (χ0) is 33.5. The van der Waals surface area contributed by atoms with E-state index in [-0.39, 0.29) is 0 Å². The normalized spacial score (nSPS) is 11.9. The van der Waals surface area contributed by atoms with Crippen molar-refractivity contribution in [1.29, 1.82) is 0 Å². The lowest BCUT2D eigenvalue weighted by Crippen LogP contribution is -2.07. The average Bonchev–Trinajstić information content (AvgIpc) is 3.86. The molecule has 0 radical (unpaired) electrons. The largest absolute Gasteiger partial charge is 0.307 e. The molecule has 11 aromatic rings. The molecular formula is C44H26N6S. The van der Waals surface area contributed by atoms with E-state index in [4.69, 9.17) is 19.9 Å². The Bertz CT molecular complexity index is 3060. The Hall–Kier alpha value is -6.70. The van der Waals surface area contributed by atoms with Crippen LogP contribution in [0.5, 0.6) is 0 Å². The van der Waals surface area contributed by atoms with E-state index >= 15 is 0 Å². The Balaban J connectivity index is 1.24. The van der Waals surface area contributed by atoms with Gasteiger partial charge in [0.15, 0.2) is 11.6 Å². The van der Waals surface area contributed by atoms with Crippen molar-refractivity contribution in [3.8, 4) is 34.4 Å². The highest BCUT2D eigenvalue weighted by molar-refractivity contribution is 7.26. The minimum atomic E-state index is 0.573. The lowest BCUT2D eigenvalue weighted by atomic mass is 10.1. The summed E-state index contributed by atoms with van der Waals surface area (Å²) in [6.07, 6.45) is 1.86. The van der Waals surface area contributed by atoms with Crippen LogP contribution < -0.4 is 0 Å². The lowest BCUT2D eigenvalue weighted by molar-refractivity contribution is 0.952. The first-order valence-corrected chi connectivity index (χ1v) is 17.7. The van der Waals surface area contributed by atoms with Gasteiger partial charge in [0.25, 0.3) is 0 Å². The topological polar surface area (TPSA) is 61.4 Å². The minimum absolute atomic E-state index is 0.573. The van der Waals surface area contributed by atoms with Crippen LogP contribution in [-0.4, -0.2) is 29.1 Å². The molecule has 0 amide bonds. The van der Waals surface area contributed by atoms with Crippen molar-refractivity contribution in [1.82, 2.24) is 29.1 Å². The van der Waals surface area contributed by atoms with Crippen LogP contribution in [0.1, 0.15) is 0 Å². The summed E-state index contributed by atoms with van der Waals surface area (Å²) >= 11 is 1.78. The number of rotatable bonds is 4. The Morgan fingerprint density at radius 2 is 0.980 bits per heavy atom. The maximum absolute atomic E-state index is 5.34. The number of aromatic nitrogens is 6. The van der Waals surface area contributed by atoms with Gasteiger partial charge in [-0.3, -0.25) is 9.55 Å². The SMILES string of the molecule is c1ccc(-n2c3ccccc3c3ncccc32)c(-c2nc(-c3cccc4c3sc3ccccc34)nc(-n3c4ccccc4c4ccccc43)n2)c1. The molecule has 11 rings (SSSR count). The average molecular weight is 671 g/mol. The third-order valence-corrected chi connectivity index (χ3v) is 11.1. The van der Waals surface area contributed by atoms with Gasteiger partial charge in [-0.25, -0.2) is 4.98 Å². The molecule has 0 atom stereocenters. The third-order valence-electron chi connectivity index (χ3n) is 9.86. The van der Waals surface area contributed by atoms with Gasteiger partial charge in [0.1, 0.15) is 0 Å². The summed E-state index contributed by atoms with van der Waals surface area (Å²) < 4.78 is 6.86. The number of hydrogen-bond donors (Lipinski definition) is 0. The summed E-state index contributed by atoms with van der Waals surface area (Å²) in [5.41, 5.74) is 8.01. The highest BCUT2D eigenvalue weighted by atomic mass is 32.1. The second-order valence-corrected chi connectivity index (χ2v) is 13.7. The van der Waals surface area contributed by atoms with Gasteiger partial charge in [-0.05, 0) is 54.6 Å². The summed E-state index contributed by atoms with van der Waals surface area (Å²) in [6.45, 7) is 0. The number of nitrogens with zero attached hydrogens (tertiary/aromatic N) is 6. The Morgan fingerprint density at radius 3 is 1.76 bits per heavy atom. The van der Waals surface area contributed by atoms with Crippen LogP contribution in [0.4, 0.5) is 0 Å². The maximum Gasteiger partial charge on any atom is 0.238 e. The monoisotopic (exact) mass is 670 g/mol. The summed E-state index contributed by atoms with van der Waals surface area (Å²) in [6, 6.07) is 52.9. The highest BCUT2D eigenvalue weighted by Crippen LogP contribution is 2.41. The van der Waals surface area contributed by atoms with Crippen molar-refractivity contribution in [3.05, 3.63) is 158 Å². The number of pyridine rings is 1. The van der Waals surface area contributed by atoms with Crippen molar-refractivity contribution in [2.24, 2.45) is 0 Å². The molecule has 51 heavy (non-hydrogen) atoms. The van der Waals surface area contributed by atoms with E-state index in [1.165, 1.54) is 15.5 Å². The van der Waals surface area contributed by atoms with Crippen LogP contribution >= 0.6 is 11.3 Å². The second kappa shape index (κ2) is 10.9. The summed E-state index contributed by atoms with van der Waals surface area (Å²) in [4.78, 5) is 20.8. The smallest absolute Gasteiger partial charge is 0.238 e. The summed E-state index contributed by atoms with van der Waals surface area (Å²) in [5.74, 6) is 1.80. The van der Waals surface area contributed by atoms with E-state index < -0.39 is 0 Å². The molecule has 5 heterocycles. The van der Waals surface area contributed by atoms with Crippen molar-refractivity contribution >= 4 is 75.3 Å². The van der Waals surface area contributed by atoms with Crippen LogP contribution in [-0.2, 0) is 0 Å². The molecule has 5 aromatic heterocycles. The summed E-state index contributed by atoms with van der Waals surface area (Å²) in [5, 5.41) is 5.85. The minimum Gasteiger partial charge on any atom is -0.307 e. The molecule has 0 saturated carbocycles. The van der Waals surface area contributed by atoms with Gasteiger partial charge >= 0.3 is 0 Å². The summed E-state index contributed by atoms with van der Waals surface area (Å²) in [7, 11) is 0. The van der Waals surface area contributed by atoms with Gasteiger partial charge < -0.3 is 4.57 Å². The molecular weight excluding hydrogens is 645 g/mol. The molecule has 0 N–H and O–H groups in total. The van der Waals surface area contributed by atoms with Crippen molar-refractivity contribution in [2.45, 2.75) is 0 Å². The molecule has 0 fully saturated rings. The van der Waals surface area contributed by atoms with Crippen LogP contribution in [0.2, 0.25) is 0 Å². The predicted molar refractivity (Wildman–Crippen MR) is 210 cm³/mol. The fourth-order valence-electron chi connectivity index (χ4n) is 7.67. The highest BCUT2D eigenvalue weighted by Gasteiger charge is 2.22. The van der Waals surface area contributed by atoms with E-state index in [9.17, 15) is 0 Å². The zero-order valence-electron chi connectivity index (χ0n) is 27.1. The molecule has 0 spiro atoms. The molecule has 0 bridgehead atoms. The Morgan fingerprint density at radius 1 is 0.412 bits per heavy atom.